The molecule has 0 aliphatic carbocycles. The van der Waals surface area contributed by atoms with Crippen LogP contribution in [0.4, 0.5) is 0 Å². The Morgan fingerprint density at radius 1 is 1.16 bits per heavy atom. The van der Waals surface area contributed by atoms with Gasteiger partial charge in [0, 0.05) is 11.1 Å². The minimum absolute atomic E-state index is 0.212. The first-order valence-corrected chi connectivity index (χ1v) is 8.29. The van der Waals surface area contributed by atoms with Crippen molar-refractivity contribution in [3.8, 4) is 17.6 Å². The maximum Gasteiger partial charge on any atom is 0.179 e. The predicted octanol–water partition coefficient (Wildman–Crippen LogP) is 4.56. The molecule has 0 saturated carbocycles. The Morgan fingerprint density at radius 3 is 2.64 bits per heavy atom. The molecule has 0 atom stereocenters. The number of nitrogens with zero attached hydrogens (tertiary/aromatic N) is 2. The molecule has 0 N–H and O–H groups in total. The SMILES string of the molecule is CCOc1cc(/C=N\OCc2ccccc2C#N)cc(Cl)c1OCC. The van der Waals surface area contributed by atoms with E-state index in [2.05, 4.69) is 11.2 Å². The number of halogens is 1. The molecule has 0 aliphatic rings. The van der Waals surface area contributed by atoms with E-state index in [0.29, 0.717) is 35.3 Å². The summed E-state index contributed by atoms with van der Waals surface area (Å²) in [5.74, 6) is 1.08. The van der Waals surface area contributed by atoms with Crippen molar-refractivity contribution < 1.29 is 14.3 Å². The van der Waals surface area contributed by atoms with Gasteiger partial charge in [-0.2, -0.15) is 5.26 Å². The lowest BCUT2D eigenvalue weighted by Crippen LogP contribution is -2.00. The summed E-state index contributed by atoms with van der Waals surface area (Å²) in [6, 6.07) is 12.9. The van der Waals surface area contributed by atoms with Crippen LogP contribution in [0, 0.1) is 11.3 Å². The lowest BCUT2D eigenvalue weighted by Gasteiger charge is -2.13. The highest BCUT2D eigenvalue weighted by Crippen LogP contribution is 2.36. The van der Waals surface area contributed by atoms with Crippen LogP contribution in [-0.2, 0) is 11.4 Å². The summed E-state index contributed by atoms with van der Waals surface area (Å²) in [5, 5.41) is 13.4. The van der Waals surface area contributed by atoms with Gasteiger partial charge in [-0.05, 0) is 32.0 Å². The maximum atomic E-state index is 9.05. The number of ether oxygens (including phenoxy) is 2. The summed E-state index contributed by atoms with van der Waals surface area (Å²) in [6.07, 6.45) is 1.54. The summed E-state index contributed by atoms with van der Waals surface area (Å²) < 4.78 is 11.1. The number of nitriles is 1. The van der Waals surface area contributed by atoms with Crippen molar-refractivity contribution in [3.63, 3.8) is 0 Å². The second-order valence-corrected chi connectivity index (χ2v) is 5.38. The number of hydrogen-bond acceptors (Lipinski definition) is 5. The Bertz CT molecular complexity index is 785. The first-order chi connectivity index (χ1) is 12.2. The van der Waals surface area contributed by atoms with Gasteiger partial charge in [-0.3, -0.25) is 0 Å². The molecule has 2 aromatic rings. The van der Waals surface area contributed by atoms with Crippen LogP contribution in [-0.4, -0.2) is 19.4 Å². The molecule has 0 spiro atoms. The van der Waals surface area contributed by atoms with Crippen LogP contribution in [0.2, 0.25) is 5.02 Å². The van der Waals surface area contributed by atoms with E-state index in [1.54, 1.807) is 24.4 Å². The molecule has 6 heteroatoms. The summed E-state index contributed by atoms with van der Waals surface area (Å²) in [5.41, 5.74) is 2.08. The lowest BCUT2D eigenvalue weighted by atomic mass is 10.1. The Morgan fingerprint density at radius 2 is 1.92 bits per heavy atom. The molecular formula is C19H19ClN2O3. The predicted molar refractivity (Wildman–Crippen MR) is 97.3 cm³/mol. The molecule has 0 bridgehead atoms. The van der Waals surface area contributed by atoms with Gasteiger partial charge in [-0.1, -0.05) is 35.0 Å². The zero-order valence-corrected chi connectivity index (χ0v) is 14.9. The zero-order valence-electron chi connectivity index (χ0n) is 14.2. The summed E-state index contributed by atoms with van der Waals surface area (Å²) in [4.78, 5) is 5.29. The van der Waals surface area contributed by atoms with E-state index in [4.69, 9.17) is 31.2 Å². The normalized spacial score (nSPS) is 10.5. The molecule has 0 amide bonds. The molecule has 0 aromatic heterocycles. The third kappa shape index (κ3) is 5.13. The molecule has 2 rings (SSSR count). The monoisotopic (exact) mass is 358 g/mol. The molecule has 130 valence electrons. The van der Waals surface area contributed by atoms with Crippen LogP contribution >= 0.6 is 11.6 Å². The Kier molecular flexibility index (Phi) is 7.12. The van der Waals surface area contributed by atoms with E-state index >= 15 is 0 Å². The summed E-state index contributed by atoms with van der Waals surface area (Å²) in [7, 11) is 0. The maximum absolute atomic E-state index is 9.05. The highest BCUT2D eigenvalue weighted by molar-refractivity contribution is 6.32. The fraction of sp³-hybridized carbons (Fsp3) is 0.263. The topological polar surface area (TPSA) is 63.8 Å². The van der Waals surface area contributed by atoms with Crippen molar-refractivity contribution in [2.75, 3.05) is 13.2 Å². The minimum atomic E-state index is 0.212. The average molecular weight is 359 g/mol. The van der Waals surface area contributed by atoms with E-state index in [0.717, 1.165) is 11.1 Å². The quantitative estimate of drug-likeness (QED) is 0.512. The molecule has 0 aliphatic heterocycles. The van der Waals surface area contributed by atoms with Crippen molar-refractivity contribution >= 4 is 17.8 Å². The second kappa shape index (κ2) is 9.55. The van der Waals surface area contributed by atoms with Crippen molar-refractivity contribution in [2.45, 2.75) is 20.5 Å². The van der Waals surface area contributed by atoms with E-state index in [1.807, 2.05) is 32.0 Å². The summed E-state index contributed by atoms with van der Waals surface area (Å²) >= 11 is 6.25. The number of benzene rings is 2. The van der Waals surface area contributed by atoms with Gasteiger partial charge in [0.2, 0.25) is 0 Å². The first kappa shape index (κ1) is 18.6. The Balaban J connectivity index is 2.09. The smallest absolute Gasteiger partial charge is 0.179 e. The number of rotatable bonds is 8. The number of hydrogen-bond donors (Lipinski definition) is 0. The van der Waals surface area contributed by atoms with Crippen LogP contribution in [0.3, 0.4) is 0 Å². The van der Waals surface area contributed by atoms with Crippen molar-refractivity contribution in [2.24, 2.45) is 5.16 Å². The molecule has 25 heavy (non-hydrogen) atoms. The molecule has 0 fully saturated rings. The van der Waals surface area contributed by atoms with Crippen LogP contribution in [0.5, 0.6) is 11.5 Å². The van der Waals surface area contributed by atoms with Crippen LogP contribution in [0.25, 0.3) is 0 Å². The van der Waals surface area contributed by atoms with Crippen LogP contribution in [0.15, 0.2) is 41.6 Å². The van der Waals surface area contributed by atoms with Crippen molar-refractivity contribution in [1.82, 2.24) is 0 Å². The lowest BCUT2D eigenvalue weighted by molar-refractivity contribution is 0.132. The summed E-state index contributed by atoms with van der Waals surface area (Å²) in [6.45, 7) is 4.98. The van der Waals surface area contributed by atoms with Gasteiger partial charge < -0.3 is 14.3 Å². The van der Waals surface area contributed by atoms with Crippen LogP contribution < -0.4 is 9.47 Å². The van der Waals surface area contributed by atoms with Crippen molar-refractivity contribution in [1.29, 1.82) is 5.26 Å². The largest absolute Gasteiger partial charge is 0.490 e. The van der Waals surface area contributed by atoms with E-state index in [-0.39, 0.29) is 6.61 Å². The van der Waals surface area contributed by atoms with Gasteiger partial charge in [0.05, 0.1) is 36.1 Å². The van der Waals surface area contributed by atoms with Gasteiger partial charge in [0.1, 0.15) is 6.61 Å². The highest BCUT2D eigenvalue weighted by Gasteiger charge is 2.11. The van der Waals surface area contributed by atoms with Gasteiger partial charge in [0.25, 0.3) is 0 Å². The fourth-order valence-electron chi connectivity index (χ4n) is 2.17. The second-order valence-electron chi connectivity index (χ2n) is 4.97. The highest BCUT2D eigenvalue weighted by atomic mass is 35.5. The standard InChI is InChI=1S/C19H19ClN2O3/c1-3-23-18-10-14(9-17(20)19(18)24-4-2)12-22-25-13-16-8-6-5-7-15(16)11-21/h5-10,12H,3-4,13H2,1-2H3/b22-12-. The fourth-order valence-corrected chi connectivity index (χ4v) is 2.44. The molecule has 2 aromatic carbocycles. The first-order valence-electron chi connectivity index (χ1n) is 7.92. The molecule has 0 unspecified atom stereocenters. The third-order valence-electron chi connectivity index (χ3n) is 3.25. The molecule has 0 saturated heterocycles. The van der Waals surface area contributed by atoms with Crippen LogP contribution in [0.1, 0.15) is 30.5 Å². The van der Waals surface area contributed by atoms with Gasteiger partial charge >= 0.3 is 0 Å². The molecule has 0 radical (unpaired) electrons. The number of oxime groups is 1. The van der Waals surface area contributed by atoms with Crippen molar-refractivity contribution in [3.05, 3.63) is 58.1 Å². The van der Waals surface area contributed by atoms with Gasteiger partial charge in [-0.15, -0.1) is 0 Å². The Labute approximate surface area is 152 Å². The van der Waals surface area contributed by atoms with E-state index in [9.17, 15) is 0 Å². The molecular weight excluding hydrogens is 340 g/mol. The van der Waals surface area contributed by atoms with E-state index < -0.39 is 0 Å². The van der Waals surface area contributed by atoms with E-state index in [1.165, 1.54) is 0 Å². The third-order valence-corrected chi connectivity index (χ3v) is 3.54. The van der Waals surface area contributed by atoms with Gasteiger partial charge in [0.15, 0.2) is 11.5 Å². The van der Waals surface area contributed by atoms with Gasteiger partial charge in [-0.25, -0.2) is 0 Å². The average Bonchev–Trinajstić information content (AvgIpc) is 2.62. The molecule has 5 nitrogen and oxygen atoms in total. The zero-order chi connectivity index (χ0) is 18.1. The molecule has 0 heterocycles. The minimum Gasteiger partial charge on any atom is -0.490 e. The Hall–Kier alpha value is -2.71.